The second-order valence-electron chi connectivity index (χ2n) is 6.94. The minimum absolute atomic E-state index is 0.378. The topological polar surface area (TPSA) is 35.8 Å². The molecule has 1 aromatic carbocycles. The number of nitrogens with zero attached hydrogens (tertiary/aromatic N) is 1. The van der Waals surface area contributed by atoms with Gasteiger partial charge in [-0.15, -0.1) is 0 Å². The van der Waals surface area contributed by atoms with Crippen molar-refractivity contribution in [3.63, 3.8) is 0 Å². The average Bonchev–Trinajstić information content (AvgIpc) is 2.55. The fourth-order valence-electron chi connectivity index (χ4n) is 4.32. The summed E-state index contributed by atoms with van der Waals surface area (Å²) in [6.07, 6.45) is 9.95. The number of nitrogens with one attached hydrogen (secondary N) is 1. The molecular weight excluding hydrogens is 256 g/mol. The maximum Gasteiger partial charge on any atom is 0.0991 e. The van der Waals surface area contributed by atoms with Crippen LogP contribution in [0.1, 0.15) is 69.0 Å². The lowest BCUT2D eigenvalue weighted by Crippen LogP contribution is -2.39. The normalized spacial score (nSPS) is 30.2. The Hall–Kier alpha value is -1.33. The van der Waals surface area contributed by atoms with Gasteiger partial charge in [0.25, 0.3) is 0 Å². The minimum atomic E-state index is 0.378. The Morgan fingerprint density at radius 2 is 1.76 bits per heavy atom. The fraction of sp³-hybridized carbons (Fsp3) is 0.632. The van der Waals surface area contributed by atoms with E-state index in [2.05, 4.69) is 30.4 Å². The zero-order valence-electron chi connectivity index (χ0n) is 13.0. The van der Waals surface area contributed by atoms with Gasteiger partial charge in [0.15, 0.2) is 0 Å². The maximum absolute atomic E-state index is 8.87. The molecule has 0 amide bonds. The molecule has 21 heavy (non-hydrogen) atoms. The van der Waals surface area contributed by atoms with Crippen molar-refractivity contribution in [3.8, 4) is 6.07 Å². The molecule has 4 atom stereocenters. The summed E-state index contributed by atoms with van der Waals surface area (Å²) in [5, 5.41) is 12.7. The lowest BCUT2D eigenvalue weighted by Gasteiger charge is -2.40. The summed E-state index contributed by atoms with van der Waals surface area (Å²) in [6.45, 7) is 2.24. The molecule has 2 aliphatic carbocycles. The van der Waals surface area contributed by atoms with Crippen molar-refractivity contribution >= 4 is 0 Å². The highest BCUT2D eigenvalue weighted by atomic mass is 14.9. The Balaban J connectivity index is 1.57. The number of hydrogen-bond donors (Lipinski definition) is 1. The van der Waals surface area contributed by atoms with Crippen molar-refractivity contribution in [1.29, 1.82) is 5.26 Å². The fourth-order valence-corrected chi connectivity index (χ4v) is 4.32. The third-order valence-corrected chi connectivity index (χ3v) is 5.57. The maximum atomic E-state index is 8.87. The SMILES string of the molecule is CC(NC1CCC2CCCCC2C1)c1ccc(C#N)cc1. The molecule has 2 aliphatic rings. The van der Waals surface area contributed by atoms with E-state index in [0.717, 1.165) is 17.4 Å². The second-order valence-corrected chi connectivity index (χ2v) is 6.94. The first-order valence-corrected chi connectivity index (χ1v) is 8.52. The van der Waals surface area contributed by atoms with Crippen LogP contribution in [0.4, 0.5) is 0 Å². The Kier molecular flexibility index (Phi) is 4.60. The molecular formula is C19H26N2. The van der Waals surface area contributed by atoms with E-state index in [-0.39, 0.29) is 0 Å². The van der Waals surface area contributed by atoms with E-state index in [1.54, 1.807) is 0 Å². The van der Waals surface area contributed by atoms with Gasteiger partial charge >= 0.3 is 0 Å². The number of benzene rings is 1. The van der Waals surface area contributed by atoms with Crippen LogP contribution >= 0.6 is 0 Å². The van der Waals surface area contributed by atoms with Gasteiger partial charge in [-0.3, -0.25) is 0 Å². The van der Waals surface area contributed by atoms with Crippen LogP contribution in [0.5, 0.6) is 0 Å². The third-order valence-electron chi connectivity index (χ3n) is 5.57. The average molecular weight is 282 g/mol. The van der Waals surface area contributed by atoms with Crippen LogP contribution in [-0.4, -0.2) is 6.04 Å². The van der Waals surface area contributed by atoms with E-state index >= 15 is 0 Å². The zero-order chi connectivity index (χ0) is 14.7. The molecule has 2 fully saturated rings. The molecule has 2 nitrogen and oxygen atoms in total. The quantitative estimate of drug-likeness (QED) is 0.881. The van der Waals surface area contributed by atoms with Crippen molar-refractivity contribution in [2.45, 2.75) is 64.0 Å². The molecule has 3 rings (SSSR count). The second kappa shape index (κ2) is 6.62. The Morgan fingerprint density at radius 1 is 1.05 bits per heavy atom. The smallest absolute Gasteiger partial charge is 0.0991 e. The van der Waals surface area contributed by atoms with Crippen LogP contribution in [0.15, 0.2) is 24.3 Å². The lowest BCUT2D eigenvalue weighted by atomic mass is 9.69. The number of hydrogen-bond acceptors (Lipinski definition) is 2. The van der Waals surface area contributed by atoms with Crippen molar-refractivity contribution in [2.75, 3.05) is 0 Å². The zero-order valence-corrected chi connectivity index (χ0v) is 13.0. The monoisotopic (exact) mass is 282 g/mol. The van der Waals surface area contributed by atoms with Crippen LogP contribution in [0, 0.1) is 23.2 Å². The number of fused-ring (bicyclic) bond motifs is 1. The van der Waals surface area contributed by atoms with Crippen LogP contribution in [0.2, 0.25) is 0 Å². The summed E-state index contributed by atoms with van der Waals surface area (Å²) in [7, 11) is 0. The summed E-state index contributed by atoms with van der Waals surface area (Å²) in [5.74, 6) is 1.99. The van der Waals surface area contributed by atoms with Crippen molar-refractivity contribution in [2.24, 2.45) is 11.8 Å². The first-order valence-electron chi connectivity index (χ1n) is 8.52. The van der Waals surface area contributed by atoms with Crippen LogP contribution in [-0.2, 0) is 0 Å². The molecule has 4 unspecified atom stereocenters. The van der Waals surface area contributed by atoms with Crippen LogP contribution < -0.4 is 5.32 Å². The highest BCUT2D eigenvalue weighted by Crippen LogP contribution is 2.40. The predicted molar refractivity (Wildman–Crippen MR) is 85.8 cm³/mol. The molecule has 0 radical (unpaired) electrons. The predicted octanol–water partition coefficient (Wildman–Crippen LogP) is 4.57. The van der Waals surface area contributed by atoms with Crippen molar-refractivity contribution in [1.82, 2.24) is 5.32 Å². The molecule has 0 heterocycles. The minimum Gasteiger partial charge on any atom is -0.307 e. The molecule has 2 saturated carbocycles. The van der Waals surface area contributed by atoms with Gasteiger partial charge in [0, 0.05) is 12.1 Å². The molecule has 1 aromatic rings. The molecule has 0 bridgehead atoms. The van der Waals surface area contributed by atoms with Crippen molar-refractivity contribution < 1.29 is 0 Å². The van der Waals surface area contributed by atoms with Gasteiger partial charge in [0.2, 0.25) is 0 Å². The Bertz CT molecular complexity index is 499. The summed E-state index contributed by atoms with van der Waals surface area (Å²) in [4.78, 5) is 0. The van der Waals surface area contributed by atoms with Crippen LogP contribution in [0.25, 0.3) is 0 Å². The standard InChI is InChI=1S/C19H26N2/c1-14(16-8-6-15(13-20)7-9-16)21-19-11-10-17-4-2-3-5-18(17)12-19/h6-9,14,17-19,21H,2-5,10-12H2,1H3. The molecule has 0 saturated heterocycles. The molecule has 2 heteroatoms. The Labute approximate surface area is 128 Å². The van der Waals surface area contributed by atoms with Crippen LogP contribution in [0.3, 0.4) is 0 Å². The van der Waals surface area contributed by atoms with E-state index in [4.69, 9.17) is 5.26 Å². The van der Waals surface area contributed by atoms with Gasteiger partial charge < -0.3 is 5.32 Å². The van der Waals surface area contributed by atoms with Gasteiger partial charge in [0.1, 0.15) is 0 Å². The number of rotatable bonds is 3. The third kappa shape index (κ3) is 3.47. The summed E-state index contributed by atoms with van der Waals surface area (Å²) in [5.41, 5.74) is 2.04. The number of nitriles is 1. The van der Waals surface area contributed by atoms with E-state index in [1.165, 1.54) is 50.5 Å². The van der Waals surface area contributed by atoms with Gasteiger partial charge in [-0.05, 0) is 55.7 Å². The molecule has 0 aromatic heterocycles. The highest BCUT2D eigenvalue weighted by molar-refractivity contribution is 5.32. The largest absolute Gasteiger partial charge is 0.307 e. The molecule has 1 N–H and O–H groups in total. The van der Waals surface area contributed by atoms with Crippen molar-refractivity contribution in [3.05, 3.63) is 35.4 Å². The van der Waals surface area contributed by atoms with E-state index in [9.17, 15) is 0 Å². The van der Waals surface area contributed by atoms with Gasteiger partial charge in [0.05, 0.1) is 11.6 Å². The van der Waals surface area contributed by atoms with Gasteiger partial charge in [-0.25, -0.2) is 0 Å². The van der Waals surface area contributed by atoms with E-state index < -0.39 is 0 Å². The molecule has 0 spiro atoms. The van der Waals surface area contributed by atoms with E-state index in [1.807, 2.05) is 12.1 Å². The summed E-state index contributed by atoms with van der Waals surface area (Å²) < 4.78 is 0. The molecule has 112 valence electrons. The summed E-state index contributed by atoms with van der Waals surface area (Å²) >= 11 is 0. The van der Waals surface area contributed by atoms with E-state index in [0.29, 0.717) is 12.1 Å². The Morgan fingerprint density at radius 3 is 2.48 bits per heavy atom. The first kappa shape index (κ1) is 14.6. The van der Waals surface area contributed by atoms with Gasteiger partial charge in [-0.2, -0.15) is 5.26 Å². The highest BCUT2D eigenvalue weighted by Gasteiger charge is 2.32. The summed E-state index contributed by atoms with van der Waals surface area (Å²) in [6, 6.07) is 11.3. The molecule has 0 aliphatic heterocycles. The lowest BCUT2D eigenvalue weighted by molar-refractivity contribution is 0.139. The first-order chi connectivity index (χ1) is 10.3. The van der Waals surface area contributed by atoms with Gasteiger partial charge in [-0.1, -0.05) is 37.8 Å².